The zero-order chi connectivity index (χ0) is 8.99. The number of carbonyl (C=O) groups is 2. The Morgan fingerprint density at radius 3 is 1.08 bits per heavy atom. The van der Waals surface area contributed by atoms with Crippen LogP contribution in [0, 0.1) is 0 Å². The summed E-state index contributed by atoms with van der Waals surface area (Å²) in [6.45, 7) is 3.47. The van der Waals surface area contributed by atoms with Gasteiger partial charge < -0.3 is 15.4 Å². The molecule has 0 saturated carbocycles. The van der Waals surface area contributed by atoms with Gasteiger partial charge in [-0.05, 0) is 14.1 Å². The van der Waals surface area contributed by atoms with Gasteiger partial charge in [-0.3, -0.25) is 4.79 Å². The fraction of sp³-hybridized carbons (Fsp3) is 0.778. The molecule has 86 valence electrons. The minimum absolute atomic E-state index is 0. The summed E-state index contributed by atoms with van der Waals surface area (Å²) in [7, 11) is 5.35. The predicted molar refractivity (Wildman–Crippen MR) is 62.0 cm³/mol. The normalized spacial score (nSPS) is 4.31. The van der Waals surface area contributed by atoms with Gasteiger partial charge in [-0.15, -0.1) is 0 Å². The van der Waals surface area contributed by atoms with Crippen molar-refractivity contribution in [2.45, 2.75) is 29.2 Å². The summed E-state index contributed by atoms with van der Waals surface area (Å²) in [4.78, 5) is 17.7. The molecule has 4 heteroatoms. The maximum Gasteiger partial charge on any atom is 0.216 e. The molecular formula is C9H28N2O2. The molecule has 0 spiro atoms. The molecule has 0 atom stereocenters. The Balaban J connectivity index is -0.0000000138. The van der Waals surface area contributed by atoms with Crippen molar-refractivity contribution >= 4 is 12.7 Å². The Morgan fingerprint density at radius 2 is 1.08 bits per heavy atom. The lowest BCUT2D eigenvalue weighted by molar-refractivity contribution is -0.118. The van der Waals surface area contributed by atoms with Gasteiger partial charge in [0.15, 0.2) is 0 Å². The topological polar surface area (TPSA) is 58.2 Å². The molecule has 0 aromatic heterocycles. The Bertz CT molecular complexity index is 68.6. The largest absolute Gasteiger partial charge is 0.359 e. The highest BCUT2D eigenvalue weighted by atomic mass is 16.1. The summed E-state index contributed by atoms with van der Waals surface area (Å²) < 4.78 is 0. The van der Waals surface area contributed by atoms with Crippen LogP contribution in [0.4, 0.5) is 0 Å². The Morgan fingerprint density at radius 1 is 1.00 bits per heavy atom. The van der Waals surface area contributed by atoms with Crippen molar-refractivity contribution in [2.24, 2.45) is 0 Å². The van der Waals surface area contributed by atoms with Crippen molar-refractivity contribution in [3.8, 4) is 0 Å². The van der Waals surface area contributed by atoms with Crippen molar-refractivity contribution < 1.29 is 9.59 Å². The number of amides is 1. The van der Waals surface area contributed by atoms with Crippen LogP contribution in [0.5, 0.6) is 0 Å². The standard InChI is InChI=1S/C3H7NO.C2H7N.CH2O.3CH4/c1-3(5)4-2;1-3-2;1-2;;;/h1-2H3,(H,4,5);3H,1-2H3;1H2;3*1H4. The van der Waals surface area contributed by atoms with E-state index in [9.17, 15) is 4.79 Å². The van der Waals surface area contributed by atoms with Crippen LogP contribution < -0.4 is 10.6 Å². The average molecular weight is 196 g/mol. The first-order valence-electron chi connectivity index (χ1n) is 2.74. The van der Waals surface area contributed by atoms with Gasteiger partial charge in [0.2, 0.25) is 5.91 Å². The summed E-state index contributed by atoms with van der Waals surface area (Å²) in [5.74, 6) is 0.00463. The SMILES string of the molecule is C.C.C.C=O.CNC.CNC(C)=O. The zero-order valence-corrected chi connectivity index (χ0v) is 7.02. The second-order valence-corrected chi connectivity index (χ2v) is 1.31. The molecule has 0 aliphatic rings. The van der Waals surface area contributed by atoms with E-state index in [1.54, 1.807) is 7.05 Å². The molecule has 0 rings (SSSR count). The van der Waals surface area contributed by atoms with Gasteiger partial charge in [-0.2, -0.15) is 0 Å². The smallest absolute Gasteiger partial charge is 0.216 e. The molecule has 0 radical (unpaired) electrons. The predicted octanol–water partition coefficient (Wildman–Crippen LogP) is 1.31. The molecule has 0 fully saturated rings. The van der Waals surface area contributed by atoms with E-state index < -0.39 is 0 Å². The molecule has 4 nitrogen and oxygen atoms in total. The highest BCUT2D eigenvalue weighted by Crippen LogP contribution is 1.45. The molecule has 0 heterocycles. The highest BCUT2D eigenvalue weighted by Gasteiger charge is 1.72. The first kappa shape index (κ1) is 40.1. The Hall–Kier alpha value is -0.900. The van der Waals surface area contributed by atoms with E-state index in [0.29, 0.717) is 0 Å². The average Bonchev–Trinajstić information content (AvgIpc) is 1.94. The zero-order valence-electron chi connectivity index (χ0n) is 7.02. The maximum absolute atomic E-state index is 9.70. The van der Waals surface area contributed by atoms with Crippen LogP contribution in [0.1, 0.15) is 29.2 Å². The number of carbonyl (C=O) groups excluding carboxylic acids is 2. The van der Waals surface area contributed by atoms with Crippen molar-refractivity contribution in [2.75, 3.05) is 21.1 Å². The lowest BCUT2D eigenvalue weighted by atomic mass is 10.7. The van der Waals surface area contributed by atoms with Gasteiger partial charge in [-0.1, -0.05) is 22.3 Å². The third-order valence-corrected chi connectivity index (χ3v) is 0.352. The molecule has 0 aliphatic carbocycles. The number of rotatable bonds is 0. The van der Waals surface area contributed by atoms with Crippen LogP contribution in [-0.2, 0) is 9.59 Å². The van der Waals surface area contributed by atoms with Crippen molar-refractivity contribution in [1.82, 2.24) is 10.6 Å². The molecule has 0 aromatic carbocycles. The van der Waals surface area contributed by atoms with E-state index in [-0.39, 0.29) is 28.2 Å². The van der Waals surface area contributed by atoms with Crippen molar-refractivity contribution in [3.05, 3.63) is 0 Å². The second-order valence-electron chi connectivity index (χ2n) is 1.31. The lowest BCUT2D eigenvalue weighted by Crippen LogP contribution is -2.11. The third-order valence-electron chi connectivity index (χ3n) is 0.352. The minimum Gasteiger partial charge on any atom is -0.359 e. The van der Waals surface area contributed by atoms with Crippen molar-refractivity contribution in [1.29, 1.82) is 0 Å². The molecular weight excluding hydrogens is 168 g/mol. The lowest BCUT2D eigenvalue weighted by Gasteiger charge is -1.80. The molecule has 0 unspecified atom stereocenters. The summed E-state index contributed by atoms with van der Waals surface area (Å²) in [6.07, 6.45) is 0. The van der Waals surface area contributed by atoms with E-state index in [1.807, 2.05) is 20.9 Å². The van der Waals surface area contributed by atoms with E-state index >= 15 is 0 Å². The van der Waals surface area contributed by atoms with Crippen LogP contribution in [0.15, 0.2) is 0 Å². The molecule has 0 aliphatic heterocycles. The maximum atomic E-state index is 9.70. The van der Waals surface area contributed by atoms with Crippen LogP contribution in [0.2, 0.25) is 0 Å². The van der Waals surface area contributed by atoms with Gasteiger partial charge in [0.25, 0.3) is 0 Å². The second kappa shape index (κ2) is 67.4. The Kier molecular flexibility index (Phi) is 208. The Labute approximate surface area is 84.1 Å². The third kappa shape index (κ3) is 760. The summed E-state index contributed by atoms with van der Waals surface area (Å²) in [6, 6.07) is 0. The highest BCUT2D eigenvalue weighted by molar-refractivity contribution is 5.72. The number of hydrogen-bond donors (Lipinski definition) is 2. The first-order chi connectivity index (χ1) is 4.68. The fourth-order valence-corrected chi connectivity index (χ4v) is 0. The van der Waals surface area contributed by atoms with E-state index in [2.05, 4.69) is 10.6 Å². The monoisotopic (exact) mass is 196 g/mol. The van der Waals surface area contributed by atoms with E-state index in [4.69, 9.17) is 4.79 Å². The molecule has 13 heavy (non-hydrogen) atoms. The fourth-order valence-electron chi connectivity index (χ4n) is 0. The van der Waals surface area contributed by atoms with Gasteiger partial charge in [-0.25, -0.2) is 0 Å². The summed E-state index contributed by atoms with van der Waals surface area (Å²) >= 11 is 0. The molecule has 0 aromatic rings. The van der Waals surface area contributed by atoms with Gasteiger partial charge in [0, 0.05) is 14.0 Å². The minimum atomic E-state index is 0. The van der Waals surface area contributed by atoms with E-state index in [1.165, 1.54) is 6.92 Å². The van der Waals surface area contributed by atoms with Gasteiger partial charge in [0.05, 0.1) is 0 Å². The quantitative estimate of drug-likeness (QED) is 0.614. The molecule has 1 amide bonds. The number of hydrogen-bond acceptors (Lipinski definition) is 3. The summed E-state index contributed by atoms with van der Waals surface area (Å²) in [5.41, 5.74) is 0. The van der Waals surface area contributed by atoms with Gasteiger partial charge in [0.1, 0.15) is 6.79 Å². The molecule has 0 saturated heterocycles. The molecule has 2 N–H and O–H groups in total. The first-order valence-corrected chi connectivity index (χ1v) is 2.74. The van der Waals surface area contributed by atoms with Crippen LogP contribution in [0.3, 0.4) is 0 Å². The van der Waals surface area contributed by atoms with Crippen LogP contribution in [0.25, 0.3) is 0 Å². The summed E-state index contributed by atoms with van der Waals surface area (Å²) in [5, 5.41) is 5.14. The van der Waals surface area contributed by atoms with Crippen molar-refractivity contribution in [3.63, 3.8) is 0 Å². The van der Waals surface area contributed by atoms with E-state index in [0.717, 1.165) is 0 Å². The molecule has 0 bridgehead atoms. The van der Waals surface area contributed by atoms with Crippen LogP contribution >= 0.6 is 0 Å². The van der Waals surface area contributed by atoms with Gasteiger partial charge >= 0.3 is 0 Å². The van der Waals surface area contributed by atoms with Crippen LogP contribution in [-0.4, -0.2) is 33.8 Å². The number of nitrogens with one attached hydrogen (secondary N) is 2.